The van der Waals surface area contributed by atoms with Gasteiger partial charge in [0.15, 0.2) is 0 Å². The smallest absolute Gasteiger partial charge is 0.338 e. The van der Waals surface area contributed by atoms with E-state index in [4.69, 9.17) is 11.6 Å². The van der Waals surface area contributed by atoms with Crippen molar-refractivity contribution in [2.45, 2.75) is 13.1 Å². The van der Waals surface area contributed by atoms with Crippen molar-refractivity contribution in [2.24, 2.45) is 0 Å². The standard InChI is InChI=1S/C28H19ClF3N3O/c1-16-15-18(17-9-12-19(13-10-17)28(30,31)32)11-14-20(16)27(36)35-24-8-4-5-21(25(24)29)26-33-22-6-2-3-7-23(22)34-26/h2-15H,1H3,(H,33,34)(H,35,36). The number of aromatic amines is 1. The lowest BCUT2D eigenvalue weighted by Gasteiger charge is -2.13. The molecule has 0 bridgehead atoms. The first-order valence-corrected chi connectivity index (χ1v) is 11.4. The van der Waals surface area contributed by atoms with E-state index in [0.717, 1.165) is 23.2 Å². The van der Waals surface area contributed by atoms with Crippen molar-refractivity contribution in [3.05, 3.63) is 107 Å². The third-order valence-corrected chi connectivity index (χ3v) is 6.32. The van der Waals surface area contributed by atoms with Gasteiger partial charge in [0.25, 0.3) is 5.91 Å². The van der Waals surface area contributed by atoms with Crippen molar-refractivity contribution in [2.75, 3.05) is 5.32 Å². The van der Waals surface area contributed by atoms with Crippen LogP contribution < -0.4 is 5.32 Å². The Bertz CT molecular complexity index is 1560. The van der Waals surface area contributed by atoms with Crippen molar-refractivity contribution in [3.63, 3.8) is 0 Å². The number of rotatable bonds is 4. The molecule has 0 saturated carbocycles. The van der Waals surface area contributed by atoms with Gasteiger partial charge in [-0.15, -0.1) is 0 Å². The molecule has 0 spiro atoms. The maximum Gasteiger partial charge on any atom is 0.416 e. The highest BCUT2D eigenvalue weighted by atomic mass is 35.5. The van der Waals surface area contributed by atoms with Crippen molar-refractivity contribution >= 4 is 34.2 Å². The lowest BCUT2D eigenvalue weighted by Crippen LogP contribution is -2.14. The summed E-state index contributed by atoms with van der Waals surface area (Å²) in [5.74, 6) is 0.240. The molecule has 0 fully saturated rings. The van der Waals surface area contributed by atoms with Crippen molar-refractivity contribution in [3.8, 4) is 22.5 Å². The number of hydrogen-bond donors (Lipinski definition) is 2. The molecule has 0 saturated heterocycles. The Morgan fingerprint density at radius 1 is 0.917 bits per heavy atom. The zero-order valence-electron chi connectivity index (χ0n) is 19.0. The monoisotopic (exact) mass is 505 g/mol. The lowest BCUT2D eigenvalue weighted by molar-refractivity contribution is -0.137. The average molecular weight is 506 g/mol. The van der Waals surface area contributed by atoms with Gasteiger partial charge in [0.05, 0.1) is 27.3 Å². The second kappa shape index (κ2) is 9.17. The number of nitrogens with zero attached hydrogens (tertiary/aromatic N) is 1. The second-order valence-corrected chi connectivity index (χ2v) is 8.71. The Kier molecular flexibility index (Phi) is 6.02. The van der Waals surface area contributed by atoms with E-state index in [9.17, 15) is 18.0 Å². The number of hydrogen-bond acceptors (Lipinski definition) is 2. The van der Waals surface area contributed by atoms with Crippen LogP contribution in [0.2, 0.25) is 5.02 Å². The van der Waals surface area contributed by atoms with Gasteiger partial charge in [0.2, 0.25) is 0 Å². The topological polar surface area (TPSA) is 57.8 Å². The highest BCUT2D eigenvalue weighted by molar-refractivity contribution is 6.36. The zero-order valence-corrected chi connectivity index (χ0v) is 19.7. The fourth-order valence-electron chi connectivity index (χ4n) is 4.03. The predicted octanol–water partition coefficient (Wildman–Crippen LogP) is 8.13. The number of amides is 1. The quantitative estimate of drug-likeness (QED) is 0.259. The molecule has 2 N–H and O–H groups in total. The van der Waals surface area contributed by atoms with Gasteiger partial charge in [-0.3, -0.25) is 4.79 Å². The van der Waals surface area contributed by atoms with E-state index in [1.807, 2.05) is 30.3 Å². The zero-order chi connectivity index (χ0) is 25.4. The summed E-state index contributed by atoms with van der Waals surface area (Å²) in [6.45, 7) is 1.77. The number of H-pyrrole nitrogens is 1. The van der Waals surface area contributed by atoms with Crippen LogP contribution in [-0.2, 0) is 6.18 Å². The summed E-state index contributed by atoms with van der Waals surface area (Å²) >= 11 is 6.64. The van der Waals surface area contributed by atoms with Gasteiger partial charge in [0.1, 0.15) is 5.82 Å². The van der Waals surface area contributed by atoms with Gasteiger partial charge in [-0.1, -0.05) is 54.1 Å². The van der Waals surface area contributed by atoms with Crippen LogP contribution in [0.15, 0.2) is 84.9 Å². The van der Waals surface area contributed by atoms with Crippen LogP contribution in [0.3, 0.4) is 0 Å². The van der Waals surface area contributed by atoms with Crippen LogP contribution in [0, 0.1) is 6.92 Å². The number of halogens is 4. The minimum Gasteiger partial charge on any atom is -0.338 e. The number of imidazole rings is 1. The number of aryl methyl sites for hydroxylation is 1. The van der Waals surface area contributed by atoms with Gasteiger partial charge in [-0.2, -0.15) is 13.2 Å². The SMILES string of the molecule is Cc1cc(-c2ccc(C(F)(F)F)cc2)ccc1C(=O)Nc1cccc(-c2nc3ccccc3[nH]2)c1Cl. The van der Waals surface area contributed by atoms with Crippen LogP contribution >= 0.6 is 11.6 Å². The number of para-hydroxylation sites is 2. The summed E-state index contributed by atoms with van der Waals surface area (Å²) in [4.78, 5) is 20.9. The van der Waals surface area contributed by atoms with Gasteiger partial charge < -0.3 is 10.3 Å². The maximum absolute atomic E-state index is 13.1. The van der Waals surface area contributed by atoms with Gasteiger partial charge in [-0.05, 0) is 66.1 Å². The molecule has 36 heavy (non-hydrogen) atoms. The van der Waals surface area contributed by atoms with Gasteiger partial charge in [-0.25, -0.2) is 4.98 Å². The Labute approximate surface area is 209 Å². The number of anilines is 1. The summed E-state index contributed by atoms with van der Waals surface area (Å²) in [5, 5.41) is 3.21. The maximum atomic E-state index is 13.1. The number of aromatic nitrogens is 2. The first-order valence-electron chi connectivity index (χ1n) is 11.0. The van der Waals surface area contributed by atoms with Crippen LogP contribution in [0.1, 0.15) is 21.5 Å². The molecule has 0 aliphatic rings. The molecule has 0 unspecified atom stereocenters. The van der Waals surface area contributed by atoms with Crippen molar-refractivity contribution < 1.29 is 18.0 Å². The summed E-state index contributed by atoms with van der Waals surface area (Å²) in [6, 6.07) is 23.0. The number of benzene rings is 4. The molecular weight excluding hydrogens is 487 g/mol. The molecule has 5 rings (SSSR count). The van der Waals surface area contributed by atoms with E-state index in [-0.39, 0.29) is 5.91 Å². The van der Waals surface area contributed by atoms with Gasteiger partial charge >= 0.3 is 6.18 Å². The molecule has 1 amide bonds. The first-order chi connectivity index (χ1) is 17.2. The number of carbonyl (C=O) groups excluding carboxylic acids is 1. The van der Waals surface area contributed by atoms with E-state index in [2.05, 4.69) is 15.3 Å². The number of carbonyl (C=O) groups is 1. The van der Waals surface area contributed by atoms with Gasteiger partial charge in [0, 0.05) is 11.1 Å². The molecule has 5 aromatic rings. The average Bonchev–Trinajstić information content (AvgIpc) is 3.29. The molecular formula is C28H19ClF3N3O. The third kappa shape index (κ3) is 4.57. The molecule has 0 radical (unpaired) electrons. The van der Waals surface area contributed by atoms with E-state index < -0.39 is 11.7 Å². The number of nitrogens with one attached hydrogen (secondary N) is 2. The van der Waals surface area contributed by atoms with Crippen molar-refractivity contribution in [1.82, 2.24) is 9.97 Å². The molecule has 0 atom stereocenters. The second-order valence-electron chi connectivity index (χ2n) is 8.33. The van der Waals surface area contributed by atoms with Crippen LogP contribution in [-0.4, -0.2) is 15.9 Å². The molecule has 1 aromatic heterocycles. The Hall–Kier alpha value is -4.10. The molecule has 4 aromatic carbocycles. The summed E-state index contributed by atoms with van der Waals surface area (Å²) in [5.41, 5.74) is 4.50. The largest absolute Gasteiger partial charge is 0.416 e. The van der Waals surface area contributed by atoms with E-state index in [0.29, 0.717) is 44.4 Å². The summed E-state index contributed by atoms with van der Waals surface area (Å²) in [6.07, 6.45) is -4.39. The van der Waals surface area contributed by atoms with Crippen LogP contribution in [0.25, 0.3) is 33.5 Å². The highest BCUT2D eigenvalue weighted by Crippen LogP contribution is 2.34. The highest BCUT2D eigenvalue weighted by Gasteiger charge is 2.30. The number of fused-ring (bicyclic) bond motifs is 1. The summed E-state index contributed by atoms with van der Waals surface area (Å²) in [7, 11) is 0. The summed E-state index contributed by atoms with van der Waals surface area (Å²) < 4.78 is 38.5. The first kappa shape index (κ1) is 23.6. The molecule has 180 valence electrons. The Morgan fingerprint density at radius 2 is 1.64 bits per heavy atom. The van der Waals surface area contributed by atoms with Crippen molar-refractivity contribution in [1.29, 1.82) is 0 Å². The van der Waals surface area contributed by atoms with E-state index in [1.54, 1.807) is 37.3 Å². The minimum atomic E-state index is -4.39. The Morgan fingerprint density at radius 3 is 2.33 bits per heavy atom. The molecule has 8 heteroatoms. The Balaban J connectivity index is 1.38. The van der Waals surface area contributed by atoms with Crippen LogP contribution in [0.5, 0.6) is 0 Å². The molecule has 4 nitrogen and oxygen atoms in total. The molecule has 0 aliphatic heterocycles. The minimum absolute atomic E-state index is 0.351. The molecule has 1 heterocycles. The third-order valence-electron chi connectivity index (χ3n) is 5.91. The van der Waals surface area contributed by atoms with E-state index >= 15 is 0 Å². The van der Waals surface area contributed by atoms with Crippen LogP contribution in [0.4, 0.5) is 18.9 Å². The fraction of sp³-hybridized carbons (Fsp3) is 0.0714. The fourth-order valence-corrected chi connectivity index (χ4v) is 4.29. The predicted molar refractivity (Wildman–Crippen MR) is 136 cm³/mol. The normalized spacial score (nSPS) is 11.6. The number of alkyl halides is 3. The lowest BCUT2D eigenvalue weighted by atomic mass is 9.98. The molecule has 0 aliphatic carbocycles. The van der Waals surface area contributed by atoms with E-state index in [1.165, 1.54) is 12.1 Å².